The Morgan fingerprint density at radius 2 is 1.60 bits per heavy atom. The van der Waals surface area contributed by atoms with Gasteiger partial charge >= 0.3 is 0 Å². The molecule has 2 rings (SSSR count). The molecule has 0 unspecified atom stereocenters. The van der Waals surface area contributed by atoms with Crippen LogP contribution in [-0.4, -0.2) is 16.8 Å². The summed E-state index contributed by atoms with van der Waals surface area (Å²) in [4.78, 5) is 22.6. The van der Waals surface area contributed by atoms with Crippen LogP contribution in [0.5, 0.6) is 0 Å². The molecule has 1 aliphatic rings. The van der Waals surface area contributed by atoms with E-state index in [1.165, 1.54) is 0 Å². The van der Waals surface area contributed by atoms with Gasteiger partial charge in [-0.3, -0.25) is 9.59 Å². The first-order valence-electron chi connectivity index (χ1n) is 4.85. The maximum atomic E-state index is 11.3. The van der Waals surface area contributed by atoms with Crippen molar-refractivity contribution in [3.63, 3.8) is 0 Å². The second-order valence-electron chi connectivity index (χ2n) is 3.03. The van der Waals surface area contributed by atoms with Crippen LogP contribution in [0.4, 0.5) is 0 Å². The van der Waals surface area contributed by atoms with E-state index >= 15 is 0 Å². The van der Waals surface area contributed by atoms with E-state index in [1.54, 1.807) is 18.2 Å². The first-order valence-corrected chi connectivity index (χ1v) is 4.85. The highest BCUT2D eigenvalue weighted by Crippen LogP contribution is 2.20. The molecular weight excluding hydrogens is 192 g/mol. The van der Waals surface area contributed by atoms with Crippen LogP contribution in [0, 0.1) is 6.92 Å². The number of imide groups is 1. The van der Waals surface area contributed by atoms with Crippen molar-refractivity contribution in [2.24, 2.45) is 5.84 Å². The molecule has 0 saturated heterocycles. The number of aryl methyl sites for hydroxylation is 1. The molecule has 0 aromatic heterocycles. The summed E-state index contributed by atoms with van der Waals surface area (Å²) in [6.07, 6.45) is 0. The largest absolute Gasteiger partial charge is 0.275 e. The van der Waals surface area contributed by atoms with E-state index in [2.05, 4.69) is 0 Å². The molecule has 1 aromatic carbocycles. The molecule has 0 bridgehead atoms. The summed E-state index contributed by atoms with van der Waals surface area (Å²) >= 11 is 0. The number of nitrogens with two attached hydrogens (primary N) is 1. The van der Waals surface area contributed by atoms with Crippen LogP contribution in [0.3, 0.4) is 0 Å². The number of rotatable bonds is 0. The van der Waals surface area contributed by atoms with E-state index in [4.69, 9.17) is 5.84 Å². The maximum absolute atomic E-state index is 11.3. The predicted octanol–water partition coefficient (Wildman–Crippen LogP) is 1.49. The highest BCUT2D eigenvalue weighted by Gasteiger charge is 2.33. The molecule has 0 aliphatic carbocycles. The summed E-state index contributed by atoms with van der Waals surface area (Å²) < 4.78 is 0. The lowest BCUT2D eigenvalue weighted by molar-refractivity contribution is 0.0654. The Morgan fingerprint density at radius 1 is 1.07 bits per heavy atom. The Labute approximate surface area is 88.6 Å². The number of hydrogen-bond acceptors (Lipinski definition) is 3. The Hall–Kier alpha value is -1.68. The van der Waals surface area contributed by atoms with Crippen LogP contribution in [-0.2, 0) is 0 Å². The third-order valence-corrected chi connectivity index (χ3v) is 2.07. The van der Waals surface area contributed by atoms with E-state index < -0.39 is 11.8 Å². The van der Waals surface area contributed by atoms with Gasteiger partial charge < -0.3 is 0 Å². The van der Waals surface area contributed by atoms with Gasteiger partial charge in [-0.1, -0.05) is 25.5 Å². The molecule has 2 N–H and O–H groups in total. The van der Waals surface area contributed by atoms with Crippen molar-refractivity contribution in [2.75, 3.05) is 0 Å². The lowest BCUT2D eigenvalue weighted by atomic mass is 10.1. The molecule has 1 aliphatic heterocycles. The van der Waals surface area contributed by atoms with Gasteiger partial charge in [0, 0.05) is 0 Å². The molecule has 15 heavy (non-hydrogen) atoms. The van der Waals surface area contributed by atoms with E-state index in [9.17, 15) is 9.59 Å². The standard InChI is InChI=1S/C9H8N2O2.C2H6/c1-5-2-3-6-7(4-5)9(13)11(10)8(6)12;1-2/h2-4H,10H2,1H3;1-2H3. The van der Waals surface area contributed by atoms with Gasteiger partial charge in [-0.25, -0.2) is 10.9 Å². The second kappa shape index (κ2) is 4.23. The molecule has 4 nitrogen and oxygen atoms in total. The molecule has 1 heterocycles. The molecular formula is C11H14N2O2. The minimum atomic E-state index is -0.431. The molecule has 0 fully saturated rings. The fraction of sp³-hybridized carbons (Fsp3) is 0.273. The van der Waals surface area contributed by atoms with Crippen LogP contribution < -0.4 is 5.84 Å². The highest BCUT2D eigenvalue weighted by molar-refractivity contribution is 6.20. The first kappa shape index (κ1) is 11.4. The van der Waals surface area contributed by atoms with Crippen molar-refractivity contribution in [1.29, 1.82) is 0 Å². The number of amides is 2. The fourth-order valence-corrected chi connectivity index (χ4v) is 1.37. The van der Waals surface area contributed by atoms with E-state index in [0.29, 0.717) is 16.1 Å². The van der Waals surface area contributed by atoms with E-state index in [0.717, 1.165) is 5.56 Å². The highest BCUT2D eigenvalue weighted by atomic mass is 16.2. The Balaban J connectivity index is 0.000000531. The molecule has 0 radical (unpaired) electrons. The van der Waals surface area contributed by atoms with Gasteiger partial charge in [-0.05, 0) is 19.1 Å². The number of benzene rings is 1. The van der Waals surface area contributed by atoms with Gasteiger partial charge in [-0.15, -0.1) is 0 Å². The lowest BCUT2D eigenvalue weighted by Gasteiger charge is -2.02. The SMILES string of the molecule is CC.Cc1ccc2c(c1)C(=O)N(N)C2=O. The molecule has 2 amide bonds. The predicted molar refractivity (Wildman–Crippen MR) is 57.2 cm³/mol. The van der Waals surface area contributed by atoms with Crippen LogP contribution in [0.15, 0.2) is 18.2 Å². The minimum Gasteiger partial charge on any atom is -0.267 e. The second-order valence-corrected chi connectivity index (χ2v) is 3.03. The normalized spacial score (nSPS) is 13.5. The average molecular weight is 206 g/mol. The number of carbonyl (C=O) groups excluding carboxylic acids is 2. The Kier molecular flexibility index (Phi) is 3.21. The first-order chi connectivity index (χ1) is 7.11. The summed E-state index contributed by atoms with van der Waals surface area (Å²) in [5, 5.41) is 0.643. The van der Waals surface area contributed by atoms with Gasteiger partial charge in [0.15, 0.2) is 0 Å². The third-order valence-electron chi connectivity index (χ3n) is 2.07. The topological polar surface area (TPSA) is 63.4 Å². The number of nitrogens with zero attached hydrogens (tertiary/aromatic N) is 1. The van der Waals surface area contributed by atoms with Gasteiger partial charge in [-0.2, -0.15) is 0 Å². The van der Waals surface area contributed by atoms with Gasteiger partial charge in [0.25, 0.3) is 11.8 Å². The van der Waals surface area contributed by atoms with Crippen LogP contribution in [0.2, 0.25) is 0 Å². The minimum absolute atomic E-state index is 0.387. The van der Waals surface area contributed by atoms with Gasteiger partial charge in [0.1, 0.15) is 0 Å². The zero-order valence-corrected chi connectivity index (χ0v) is 9.07. The number of carbonyl (C=O) groups is 2. The van der Waals surface area contributed by atoms with Gasteiger partial charge in [0.05, 0.1) is 11.1 Å². The Morgan fingerprint density at radius 3 is 2.20 bits per heavy atom. The van der Waals surface area contributed by atoms with Crippen molar-refractivity contribution in [2.45, 2.75) is 20.8 Å². The fourth-order valence-electron chi connectivity index (χ4n) is 1.37. The lowest BCUT2D eigenvalue weighted by Crippen LogP contribution is -2.36. The van der Waals surface area contributed by atoms with Crippen molar-refractivity contribution >= 4 is 11.8 Å². The van der Waals surface area contributed by atoms with Crippen molar-refractivity contribution < 1.29 is 9.59 Å². The van der Waals surface area contributed by atoms with Gasteiger partial charge in [0.2, 0.25) is 0 Å². The smallest absolute Gasteiger partial charge is 0.267 e. The summed E-state index contributed by atoms with van der Waals surface area (Å²) in [5.74, 6) is 4.40. The van der Waals surface area contributed by atoms with Crippen molar-refractivity contribution in [3.05, 3.63) is 34.9 Å². The monoisotopic (exact) mass is 206 g/mol. The molecule has 0 spiro atoms. The van der Waals surface area contributed by atoms with Crippen LogP contribution >= 0.6 is 0 Å². The molecule has 0 saturated carbocycles. The molecule has 1 aromatic rings. The average Bonchev–Trinajstić information content (AvgIpc) is 2.47. The van der Waals surface area contributed by atoms with E-state index in [-0.39, 0.29) is 0 Å². The zero-order valence-electron chi connectivity index (χ0n) is 9.07. The molecule has 0 atom stereocenters. The summed E-state index contributed by atoms with van der Waals surface area (Å²) in [5.41, 5.74) is 1.72. The summed E-state index contributed by atoms with van der Waals surface area (Å²) in [6.45, 7) is 5.86. The number of fused-ring (bicyclic) bond motifs is 1. The Bertz CT molecular complexity index is 413. The number of hydrazine groups is 1. The van der Waals surface area contributed by atoms with Crippen molar-refractivity contribution in [1.82, 2.24) is 5.01 Å². The molecule has 80 valence electrons. The molecule has 4 heteroatoms. The summed E-state index contributed by atoms with van der Waals surface area (Å²) in [7, 11) is 0. The van der Waals surface area contributed by atoms with Crippen LogP contribution in [0.1, 0.15) is 40.1 Å². The zero-order chi connectivity index (χ0) is 11.6. The quantitative estimate of drug-likeness (QED) is 0.397. The van der Waals surface area contributed by atoms with Crippen LogP contribution in [0.25, 0.3) is 0 Å². The van der Waals surface area contributed by atoms with Crippen molar-refractivity contribution in [3.8, 4) is 0 Å². The summed E-state index contributed by atoms with van der Waals surface area (Å²) in [6, 6.07) is 5.07. The van der Waals surface area contributed by atoms with E-state index in [1.807, 2.05) is 20.8 Å². The third kappa shape index (κ3) is 1.76. The number of hydrogen-bond donors (Lipinski definition) is 1. The maximum Gasteiger partial charge on any atom is 0.275 e.